The van der Waals surface area contributed by atoms with E-state index < -0.39 is 12.2 Å². The first kappa shape index (κ1) is 21.6. The Bertz CT molecular complexity index is 945. The lowest BCUT2D eigenvalue weighted by atomic mass is 9.97. The summed E-state index contributed by atoms with van der Waals surface area (Å²) in [7, 11) is 0. The molecule has 0 saturated carbocycles. The molecule has 3 aromatic rings. The maximum atomic E-state index is 12.8. The predicted molar refractivity (Wildman–Crippen MR) is 114 cm³/mol. The van der Waals surface area contributed by atoms with E-state index in [1.807, 2.05) is 19.9 Å². The number of likely N-dealkylation sites (tertiary alicyclic amines) is 1. The van der Waals surface area contributed by atoms with E-state index in [9.17, 15) is 8.78 Å². The SMILES string of the molecule is CC.C[C@@H]1CCC[C@H](C)N1Cc1cc2c(N)nc(-c3ccc(C(F)F)o3)nc2s1. The van der Waals surface area contributed by atoms with E-state index in [1.54, 1.807) is 11.3 Å². The fourth-order valence-corrected chi connectivity index (χ4v) is 4.78. The minimum atomic E-state index is -2.67. The number of halogens is 2. The van der Waals surface area contributed by atoms with Gasteiger partial charge >= 0.3 is 0 Å². The van der Waals surface area contributed by atoms with Crippen molar-refractivity contribution < 1.29 is 13.2 Å². The smallest absolute Gasteiger partial charge is 0.295 e. The summed E-state index contributed by atoms with van der Waals surface area (Å²) in [5.41, 5.74) is 6.11. The van der Waals surface area contributed by atoms with Gasteiger partial charge in [0.05, 0.1) is 5.39 Å². The van der Waals surface area contributed by atoms with Crippen molar-refractivity contribution in [2.45, 2.75) is 72.0 Å². The van der Waals surface area contributed by atoms with Crippen LogP contribution in [0, 0.1) is 0 Å². The van der Waals surface area contributed by atoms with Crippen molar-refractivity contribution in [1.29, 1.82) is 0 Å². The molecule has 0 unspecified atom stereocenters. The first-order valence-electron chi connectivity index (χ1n) is 10.1. The van der Waals surface area contributed by atoms with Gasteiger partial charge in [0, 0.05) is 23.5 Å². The molecule has 5 nitrogen and oxygen atoms in total. The van der Waals surface area contributed by atoms with Crippen molar-refractivity contribution in [2.24, 2.45) is 0 Å². The van der Waals surface area contributed by atoms with Gasteiger partial charge in [-0.1, -0.05) is 20.3 Å². The van der Waals surface area contributed by atoms with Crippen molar-refractivity contribution in [2.75, 3.05) is 5.73 Å². The average molecular weight is 423 g/mol. The lowest BCUT2D eigenvalue weighted by Crippen LogP contribution is -2.42. The van der Waals surface area contributed by atoms with Crippen LogP contribution in [0.5, 0.6) is 0 Å². The summed E-state index contributed by atoms with van der Waals surface area (Å²) in [6.45, 7) is 9.40. The molecule has 0 aliphatic carbocycles. The molecule has 0 amide bonds. The van der Waals surface area contributed by atoms with Gasteiger partial charge in [-0.05, 0) is 44.9 Å². The molecule has 0 spiro atoms. The molecule has 4 heterocycles. The Morgan fingerprint density at radius 3 is 2.52 bits per heavy atom. The quantitative estimate of drug-likeness (QED) is 0.537. The van der Waals surface area contributed by atoms with Crippen LogP contribution in [0.25, 0.3) is 21.8 Å². The number of hydrogen-bond donors (Lipinski definition) is 1. The van der Waals surface area contributed by atoms with Crippen molar-refractivity contribution in [1.82, 2.24) is 14.9 Å². The highest BCUT2D eigenvalue weighted by Crippen LogP contribution is 2.34. The molecule has 1 saturated heterocycles. The summed E-state index contributed by atoms with van der Waals surface area (Å²) >= 11 is 1.57. The van der Waals surface area contributed by atoms with Crippen LogP contribution in [-0.4, -0.2) is 27.0 Å². The first-order valence-corrected chi connectivity index (χ1v) is 10.9. The van der Waals surface area contributed by atoms with E-state index in [0.717, 1.165) is 16.8 Å². The van der Waals surface area contributed by atoms with Crippen molar-refractivity contribution >= 4 is 27.4 Å². The largest absolute Gasteiger partial charge is 0.452 e. The van der Waals surface area contributed by atoms with E-state index in [0.29, 0.717) is 17.9 Å². The summed E-state index contributed by atoms with van der Waals surface area (Å²) in [5.74, 6) is 0.381. The molecule has 2 atom stereocenters. The Morgan fingerprint density at radius 1 is 1.21 bits per heavy atom. The number of nitrogens with zero attached hydrogens (tertiary/aromatic N) is 3. The molecule has 1 fully saturated rings. The number of fused-ring (bicyclic) bond motifs is 1. The van der Waals surface area contributed by atoms with Gasteiger partial charge in [-0.2, -0.15) is 0 Å². The van der Waals surface area contributed by atoms with Crippen LogP contribution in [0.15, 0.2) is 22.6 Å². The Kier molecular flexibility index (Phi) is 6.85. The number of nitrogen functional groups attached to an aromatic ring is 1. The summed E-state index contributed by atoms with van der Waals surface area (Å²) in [4.78, 5) is 13.2. The molecular formula is C21H28F2N4OS. The number of anilines is 1. The molecule has 4 rings (SSSR count). The highest BCUT2D eigenvalue weighted by molar-refractivity contribution is 7.18. The Labute approximate surface area is 173 Å². The van der Waals surface area contributed by atoms with E-state index in [4.69, 9.17) is 10.2 Å². The van der Waals surface area contributed by atoms with Crippen LogP contribution < -0.4 is 5.73 Å². The van der Waals surface area contributed by atoms with E-state index in [1.165, 1.54) is 36.3 Å². The monoisotopic (exact) mass is 422 g/mol. The number of hydrogen-bond acceptors (Lipinski definition) is 6. The standard InChI is InChI=1S/C19H22F2N4OS.C2H6/c1-10-4-3-5-11(2)25(10)9-12-8-13-17(22)23-18(24-19(13)27-12)15-7-6-14(26-15)16(20)21;1-2/h6-8,10-11,16H,3-5,9H2,1-2H3,(H2,22,23,24);1-2H3/t10-,11+;. The number of rotatable bonds is 4. The highest BCUT2D eigenvalue weighted by Gasteiger charge is 2.25. The molecule has 0 radical (unpaired) electrons. The van der Waals surface area contributed by atoms with Crippen LogP contribution in [0.4, 0.5) is 14.6 Å². The van der Waals surface area contributed by atoms with Crippen LogP contribution in [0.2, 0.25) is 0 Å². The zero-order valence-corrected chi connectivity index (χ0v) is 18.1. The van der Waals surface area contributed by atoms with Gasteiger partial charge in [-0.3, -0.25) is 4.90 Å². The fraction of sp³-hybridized carbons (Fsp3) is 0.524. The number of piperidine rings is 1. The summed E-state index contributed by atoms with van der Waals surface area (Å²) in [6.07, 6.45) is 1.04. The molecule has 158 valence electrons. The predicted octanol–water partition coefficient (Wildman–Crippen LogP) is 6.26. The van der Waals surface area contributed by atoms with Gasteiger partial charge < -0.3 is 10.2 Å². The molecule has 1 aliphatic rings. The van der Waals surface area contributed by atoms with E-state index in [-0.39, 0.29) is 11.6 Å². The molecule has 0 bridgehead atoms. The van der Waals surface area contributed by atoms with E-state index in [2.05, 4.69) is 28.7 Å². The topological polar surface area (TPSA) is 68.2 Å². The third-order valence-corrected chi connectivity index (χ3v) is 6.26. The second kappa shape index (κ2) is 9.17. The normalized spacial score (nSPS) is 20.1. The molecule has 1 aliphatic heterocycles. The van der Waals surface area contributed by atoms with Crippen molar-refractivity contribution in [3.05, 3.63) is 28.8 Å². The summed E-state index contributed by atoms with van der Waals surface area (Å²) in [5, 5.41) is 0.803. The molecule has 8 heteroatoms. The van der Waals surface area contributed by atoms with Gasteiger partial charge in [0.25, 0.3) is 6.43 Å². The Morgan fingerprint density at radius 2 is 1.90 bits per heavy atom. The van der Waals surface area contributed by atoms with Gasteiger partial charge in [-0.15, -0.1) is 11.3 Å². The second-order valence-electron chi connectivity index (χ2n) is 7.17. The third kappa shape index (κ3) is 4.59. The molecule has 3 aromatic heterocycles. The van der Waals surface area contributed by atoms with Crippen molar-refractivity contribution in [3.63, 3.8) is 0 Å². The van der Waals surface area contributed by atoms with Gasteiger partial charge in [0.2, 0.25) is 0 Å². The maximum absolute atomic E-state index is 12.8. The van der Waals surface area contributed by atoms with Gasteiger partial charge in [-0.25, -0.2) is 18.7 Å². The number of thiophene rings is 1. The molecule has 0 aromatic carbocycles. The van der Waals surface area contributed by atoms with Gasteiger partial charge in [0.15, 0.2) is 17.3 Å². The fourth-order valence-electron chi connectivity index (χ4n) is 3.74. The summed E-state index contributed by atoms with van der Waals surface area (Å²) < 4.78 is 30.7. The van der Waals surface area contributed by atoms with Crippen LogP contribution in [0.1, 0.15) is 64.0 Å². The third-order valence-electron chi connectivity index (χ3n) is 5.25. The highest BCUT2D eigenvalue weighted by atomic mass is 32.1. The number of aromatic nitrogens is 2. The zero-order valence-electron chi connectivity index (χ0n) is 17.3. The second-order valence-corrected chi connectivity index (χ2v) is 8.28. The van der Waals surface area contributed by atoms with Crippen molar-refractivity contribution in [3.8, 4) is 11.6 Å². The average Bonchev–Trinajstić information content (AvgIpc) is 3.34. The van der Waals surface area contributed by atoms with Gasteiger partial charge in [0.1, 0.15) is 10.6 Å². The molecule has 29 heavy (non-hydrogen) atoms. The lowest BCUT2D eigenvalue weighted by molar-refractivity contribution is 0.0965. The van der Waals surface area contributed by atoms with Crippen LogP contribution in [0.3, 0.4) is 0 Å². The molecular weight excluding hydrogens is 394 g/mol. The maximum Gasteiger partial charge on any atom is 0.295 e. The minimum absolute atomic E-state index is 0.201. The molecule has 2 N–H and O–H groups in total. The number of furan rings is 1. The van der Waals surface area contributed by atoms with Crippen LogP contribution in [-0.2, 0) is 6.54 Å². The summed E-state index contributed by atoms with van der Waals surface area (Å²) in [6, 6.07) is 5.83. The van der Waals surface area contributed by atoms with E-state index >= 15 is 0 Å². The lowest BCUT2D eigenvalue weighted by Gasteiger charge is -2.38. The number of alkyl halides is 2. The zero-order chi connectivity index (χ0) is 21.1. The Balaban J connectivity index is 0.00000117. The minimum Gasteiger partial charge on any atom is -0.452 e. The van der Waals surface area contributed by atoms with Crippen LogP contribution >= 0.6 is 11.3 Å². The first-order chi connectivity index (χ1) is 13.9. The Hall–Kier alpha value is -2.06. The number of nitrogens with two attached hydrogens (primary N) is 1.